The number of hydrogen-bond acceptors (Lipinski definition) is 4. The fourth-order valence-corrected chi connectivity index (χ4v) is 1.46. The number of esters is 1. The highest BCUT2D eigenvalue weighted by Gasteiger charge is 2.14. The van der Waals surface area contributed by atoms with E-state index in [1.54, 1.807) is 26.0 Å². The molecule has 0 aliphatic heterocycles. The van der Waals surface area contributed by atoms with Gasteiger partial charge < -0.3 is 9.84 Å². The molecule has 1 rings (SSSR count). The Labute approximate surface area is 110 Å². The molecule has 0 fully saturated rings. The molecule has 0 unspecified atom stereocenters. The van der Waals surface area contributed by atoms with Crippen molar-refractivity contribution in [3.05, 3.63) is 41.0 Å². The molecular weight excluding hydrogens is 248 g/mol. The van der Waals surface area contributed by atoms with Crippen LogP contribution in [0, 0.1) is 13.8 Å². The summed E-state index contributed by atoms with van der Waals surface area (Å²) in [6, 6.07) is 3.18. The van der Waals surface area contributed by atoms with E-state index in [9.17, 15) is 14.4 Å². The molecule has 0 radical (unpaired) electrons. The lowest BCUT2D eigenvalue weighted by Gasteiger charge is -2.09. The highest BCUT2D eigenvalue weighted by molar-refractivity contribution is 5.92. The SMILES string of the molecule is C=C(CC(=O)Oc1cc(C)c(C=O)cc1C)C(=O)O. The predicted octanol–water partition coefficient (Wildman–Crippen LogP) is 2.05. The first-order valence-electron chi connectivity index (χ1n) is 5.53. The lowest BCUT2D eigenvalue weighted by Crippen LogP contribution is -2.13. The van der Waals surface area contributed by atoms with Gasteiger partial charge in [0.1, 0.15) is 12.0 Å². The number of carbonyl (C=O) groups is 3. The van der Waals surface area contributed by atoms with E-state index in [-0.39, 0.29) is 12.0 Å². The number of hydrogen-bond donors (Lipinski definition) is 1. The maximum Gasteiger partial charge on any atom is 0.331 e. The topological polar surface area (TPSA) is 80.7 Å². The van der Waals surface area contributed by atoms with Crippen molar-refractivity contribution in [2.45, 2.75) is 20.3 Å². The van der Waals surface area contributed by atoms with Crippen LogP contribution in [0.1, 0.15) is 27.9 Å². The Bertz CT molecular complexity index is 557. The van der Waals surface area contributed by atoms with E-state index in [0.29, 0.717) is 22.4 Å². The Balaban J connectivity index is 2.86. The van der Waals surface area contributed by atoms with Gasteiger partial charge in [0.15, 0.2) is 0 Å². The summed E-state index contributed by atoms with van der Waals surface area (Å²) in [4.78, 5) is 32.8. The van der Waals surface area contributed by atoms with Crippen molar-refractivity contribution in [1.29, 1.82) is 0 Å². The Kier molecular flexibility index (Phi) is 4.58. The number of ether oxygens (including phenoxy) is 1. The van der Waals surface area contributed by atoms with E-state index < -0.39 is 11.9 Å². The van der Waals surface area contributed by atoms with Gasteiger partial charge in [0, 0.05) is 11.1 Å². The summed E-state index contributed by atoms with van der Waals surface area (Å²) in [6.07, 6.45) is 0.337. The fraction of sp³-hybridized carbons (Fsp3) is 0.214. The van der Waals surface area contributed by atoms with Gasteiger partial charge in [-0.05, 0) is 37.1 Å². The fourth-order valence-electron chi connectivity index (χ4n) is 1.46. The molecule has 1 aromatic rings. The van der Waals surface area contributed by atoms with Crippen molar-refractivity contribution >= 4 is 18.2 Å². The molecule has 0 saturated heterocycles. The van der Waals surface area contributed by atoms with Crippen LogP contribution in [-0.4, -0.2) is 23.3 Å². The molecule has 5 nitrogen and oxygen atoms in total. The third kappa shape index (κ3) is 3.77. The van der Waals surface area contributed by atoms with Crippen LogP contribution in [0.5, 0.6) is 5.75 Å². The van der Waals surface area contributed by atoms with Crippen LogP contribution in [0.3, 0.4) is 0 Å². The van der Waals surface area contributed by atoms with Crippen LogP contribution in [0.15, 0.2) is 24.3 Å². The molecule has 0 spiro atoms. The number of benzene rings is 1. The van der Waals surface area contributed by atoms with E-state index >= 15 is 0 Å². The average molecular weight is 262 g/mol. The van der Waals surface area contributed by atoms with Crippen molar-refractivity contribution in [2.24, 2.45) is 0 Å². The van der Waals surface area contributed by atoms with Crippen LogP contribution >= 0.6 is 0 Å². The number of aryl methyl sites for hydroxylation is 2. The zero-order chi connectivity index (χ0) is 14.6. The molecular formula is C14H14O5. The van der Waals surface area contributed by atoms with E-state index in [2.05, 4.69) is 6.58 Å². The molecule has 1 aromatic carbocycles. The molecule has 0 heterocycles. The van der Waals surface area contributed by atoms with Crippen molar-refractivity contribution in [1.82, 2.24) is 0 Å². The number of rotatable bonds is 5. The number of aldehydes is 1. The molecule has 0 atom stereocenters. The van der Waals surface area contributed by atoms with Crippen LogP contribution in [0.4, 0.5) is 0 Å². The third-order valence-electron chi connectivity index (χ3n) is 2.57. The Morgan fingerprint density at radius 1 is 1.32 bits per heavy atom. The van der Waals surface area contributed by atoms with Crippen molar-refractivity contribution < 1.29 is 24.2 Å². The Hall–Kier alpha value is -2.43. The van der Waals surface area contributed by atoms with Gasteiger partial charge >= 0.3 is 11.9 Å². The lowest BCUT2D eigenvalue weighted by atomic mass is 10.1. The minimum atomic E-state index is -1.24. The maximum atomic E-state index is 11.5. The first kappa shape index (κ1) is 14.6. The summed E-state index contributed by atoms with van der Waals surface area (Å²) < 4.78 is 5.07. The van der Waals surface area contributed by atoms with Crippen molar-refractivity contribution in [3.8, 4) is 5.75 Å². The first-order chi connectivity index (χ1) is 8.85. The molecule has 0 amide bonds. The molecule has 5 heteroatoms. The summed E-state index contributed by atoms with van der Waals surface area (Å²) in [5.74, 6) is -1.62. The van der Waals surface area contributed by atoms with Gasteiger partial charge in [-0.1, -0.05) is 6.58 Å². The van der Waals surface area contributed by atoms with Crippen molar-refractivity contribution in [2.75, 3.05) is 0 Å². The monoisotopic (exact) mass is 262 g/mol. The summed E-state index contributed by atoms with van der Waals surface area (Å²) in [7, 11) is 0. The average Bonchev–Trinajstić information content (AvgIpc) is 2.33. The smallest absolute Gasteiger partial charge is 0.331 e. The molecule has 0 aliphatic rings. The van der Waals surface area contributed by atoms with E-state index in [1.807, 2.05) is 0 Å². The van der Waals surface area contributed by atoms with E-state index in [4.69, 9.17) is 9.84 Å². The maximum absolute atomic E-state index is 11.5. The molecule has 0 bridgehead atoms. The van der Waals surface area contributed by atoms with Crippen LogP contribution in [0.2, 0.25) is 0 Å². The van der Waals surface area contributed by atoms with Crippen LogP contribution in [0.25, 0.3) is 0 Å². The molecule has 0 aromatic heterocycles. The lowest BCUT2D eigenvalue weighted by molar-refractivity contribution is -0.138. The van der Waals surface area contributed by atoms with Gasteiger partial charge in [0.05, 0.1) is 6.42 Å². The molecule has 100 valence electrons. The largest absolute Gasteiger partial charge is 0.478 e. The highest BCUT2D eigenvalue weighted by atomic mass is 16.5. The summed E-state index contributed by atoms with van der Waals surface area (Å²) in [5, 5.41) is 8.62. The number of carboxylic acid groups (broad SMARTS) is 1. The number of aliphatic carboxylic acids is 1. The zero-order valence-corrected chi connectivity index (χ0v) is 10.7. The van der Waals surface area contributed by atoms with E-state index in [0.717, 1.165) is 6.29 Å². The minimum Gasteiger partial charge on any atom is -0.478 e. The van der Waals surface area contributed by atoms with Crippen LogP contribution in [-0.2, 0) is 9.59 Å². The molecule has 0 saturated carbocycles. The normalized spacial score (nSPS) is 9.79. The highest BCUT2D eigenvalue weighted by Crippen LogP contribution is 2.22. The quantitative estimate of drug-likeness (QED) is 0.380. The van der Waals surface area contributed by atoms with Gasteiger partial charge in [-0.2, -0.15) is 0 Å². The predicted molar refractivity (Wildman–Crippen MR) is 68.3 cm³/mol. The summed E-state index contributed by atoms with van der Waals surface area (Å²) in [6.45, 7) is 6.67. The van der Waals surface area contributed by atoms with E-state index in [1.165, 1.54) is 0 Å². The number of carbonyl (C=O) groups excluding carboxylic acids is 2. The molecule has 1 N–H and O–H groups in total. The zero-order valence-electron chi connectivity index (χ0n) is 10.7. The third-order valence-corrected chi connectivity index (χ3v) is 2.57. The second kappa shape index (κ2) is 5.95. The Morgan fingerprint density at radius 2 is 1.95 bits per heavy atom. The minimum absolute atomic E-state index is 0.233. The van der Waals surface area contributed by atoms with Gasteiger partial charge in [0.2, 0.25) is 0 Å². The summed E-state index contributed by atoms with van der Waals surface area (Å²) in [5.41, 5.74) is 1.60. The second-order valence-electron chi connectivity index (χ2n) is 4.15. The summed E-state index contributed by atoms with van der Waals surface area (Å²) >= 11 is 0. The van der Waals surface area contributed by atoms with Gasteiger partial charge in [-0.15, -0.1) is 0 Å². The molecule has 19 heavy (non-hydrogen) atoms. The number of carboxylic acids is 1. The van der Waals surface area contributed by atoms with Gasteiger partial charge in [-0.3, -0.25) is 9.59 Å². The van der Waals surface area contributed by atoms with Crippen molar-refractivity contribution in [3.63, 3.8) is 0 Å². The van der Waals surface area contributed by atoms with Gasteiger partial charge in [0.25, 0.3) is 0 Å². The second-order valence-corrected chi connectivity index (χ2v) is 4.15. The van der Waals surface area contributed by atoms with Gasteiger partial charge in [-0.25, -0.2) is 4.79 Å². The standard InChI is InChI=1S/C14H14O5/c1-8-5-12(9(2)4-11(8)7-15)19-13(16)6-10(3)14(17)18/h4-5,7H,3,6H2,1-2H3,(H,17,18). The molecule has 0 aliphatic carbocycles. The first-order valence-corrected chi connectivity index (χ1v) is 5.53. The Morgan fingerprint density at radius 3 is 2.47 bits per heavy atom. The van der Waals surface area contributed by atoms with Crippen LogP contribution < -0.4 is 4.74 Å².